The van der Waals surface area contributed by atoms with Crippen LogP contribution < -0.4 is 10.1 Å². The van der Waals surface area contributed by atoms with Gasteiger partial charge in [-0.1, -0.05) is 35.9 Å². The van der Waals surface area contributed by atoms with Gasteiger partial charge in [0.2, 0.25) is 0 Å². The zero-order valence-corrected chi connectivity index (χ0v) is 16.3. The molecular formula is C22H23ClN2O2. The molecule has 1 N–H and O–H groups in total. The Morgan fingerprint density at radius 1 is 1.22 bits per heavy atom. The monoisotopic (exact) mass is 382 g/mol. The second kappa shape index (κ2) is 7.37. The number of amides is 1. The van der Waals surface area contributed by atoms with E-state index in [1.807, 2.05) is 25.1 Å². The van der Waals surface area contributed by atoms with Crippen molar-refractivity contribution in [3.63, 3.8) is 0 Å². The molecule has 0 saturated carbocycles. The first kappa shape index (κ1) is 18.1. The molecule has 0 aromatic heterocycles. The molecule has 0 saturated heterocycles. The summed E-state index contributed by atoms with van der Waals surface area (Å²) in [4.78, 5) is 14.4. The summed E-state index contributed by atoms with van der Waals surface area (Å²) in [6.45, 7) is 6.58. The third kappa shape index (κ3) is 3.73. The molecule has 4 rings (SSSR count). The molecule has 1 atom stereocenters. The molecule has 4 nitrogen and oxygen atoms in total. The van der Waals surface area contributed by atoms with Gasteiger partial charge in [-0.3, -0.25) is 9.69 Å². The van der Waals surface area contributed by atoms with Gasteiger partial charge in [0.1, 0.15) is 5.75 Å². The fraction of sp³-hybridized carbons (Fsp3) is 0.318. The number of carbonyl (C=O) groups excluding carboxylic acids is 1. The van der Waals surface area contributed by atoms with Crippen molar-refractivity contribution in [1.82, 2.24) is 4.90 Å². The Hall–Kier alpha value is -2.30. The minimum absolute atomic E-state index is 0.0868. The Labute approximate surface area is 164 Å². The molecule has 1 unspecified atom stereocenters. The lowest BCUT2D eigenvalue weighted by molar-refractivity contribution is -0.122. The van der Waals surface area contributed by atoms with Crippen molar-refractivity contribution in [1.29, 1.82) is 0 Å². The molecule has 5 heteroatoms. The van der Waals surface area contributed by atoms with Crippen molar-refractivity contribution in [3.8, 4) is 5.75 Å². The number of rotatable bonds is 3. The van der Waals surface area contributed by atoms with Gasteiger partial charge in [-0.25, -0.2) is 0 Å². The molecule has 2 heterocycles. The van der Waals surface area contributed by atoms with Crippen LogP contribution in [0.3, 0.4) is 0 Å². The number of carbonyl (C=O) groups is 1. The average molecular weight is 383 g/mol. The van der Waals surface area contributed by atoms with Crippen molar-refractivity contribution in [3.05, 3.63) is 64.2 Å². The van der Waals surface area contributed by atoms with Gasteiger partial charge >= 0.3 is 0 Å². The summed E-state index contributed by atoms with van der Waals surface area (Å²) in [7, 11) is 0. The normalized spacial score (nSPS) is 19.7. The molecule has 0 spiro atoms. The van der Waals surface area contributed by atoms with Crippen LogP contribution in [-0.2, 0) is 11.3 Å². The number of hydrogen-bond acceptors (Lipinski definition) is 3. The number of halogens is 1. The first-order chi connectivity index (χ1) is 13.0. The van der Waals surface area contributed by atoms with E-state index in [1.165, 1.54) is 16.7 Å². The fourth-order valence-electron chi connectivity index (χ4n) is 3.65. The highest BCUT2D eigenvalue weighted by Gasteiger charge is 2.26. The summed E-state index contributed by atoms with van der Waals surface area (Å²) in [5.74, 6) is 0.670. The fourth-order valence-corrected chi connectivity index (χ4v) is 3.77. The van der Waals surface area contributed by atoms with Gasteiger partial charge < -0.3 is 10.1 Å². The third-order valence-electron chi connectivity index (χ3n) is 5.36. The van der Waals surface area contributed by atoms with Crippen molar-refractivity contribution < 1.29 is 9.53 Å². The summed E-state index contributed by atoms with van der Waals surface area (Å²) in [6.07, 6.45) is 2.87. The molecule has 0 radical (unpaired) electrons. The quantitative estimate of drug-likeness (QED) is 0.839. The summed E-state index contributed by atoms with van der Waals surface area (Å²) in [5, 5.41) is 3.75. The number of nitrogens with zero attached hydrogens (tertiary/aromatic N) is 1. The summed E-state index contributed by atoms with van der Waals surface area (Å²) < 4.78 is 5.70. The lowest BCUT2D eigenvalue weighted by Gasteiger charge is -2.29. The molecule has 2 aromatic carbocycles. The molecule has 2 aliphatic heterocycles. The van der Waals surface area contributed by atoms with Crippen LogP contribution in [0, 0.1) is 6.92 Å². The van der Waals surface area contributed by atoms with E-state index in [1.54, 1.807) is 6.92 Å². The van der Waals surface area contributed by atoms with Crippen LogP contribution in [0.5, 0.6) is 5.75 Å². The standard InChI is InChI=1S/C22H23ClN2O2/c1-14-18(5-8-20-21(14)24-22(26)15(2)27-20)13-25-11-9-17(10-12-25)16-3-6-19(23)7-4-16/h3-9,15H,10-13H2,1-2H3,(H,24,26). The van der Waals surface area contributed by atoms with Crippen molar-refractivity contribution in [2.75, 3.05) is 18.4 Å². The molecule has 0 aliphatic carbocycles. The van der Waals surface area contributed by atoms with Crippen LogP contribution in [-0.4, -0.2) is 30.0 Å². The van der Waals surface area contributed by atoms with Crippen LogP contribution in [0.15, 0.2) is 42.5 Å². The molecule has 2 aromatic rings. The summed E-state index contributed by atoms with van der Waals surface area (Å²) in [6, 6.07) is 12.1. The number of anilines is 1. The Morgan fingerprint density at radius 3 is 2.70 bits per heavy atom. The average Bonchev–Trinajstić information content (AvgIpc) is 2.67. The molecule has 27 heavy (non-hydrogen) atoms. The number of hydrogen-bond donors (Lipinski definition) is 1. The molecule has 0 fully saturated rings. The highest BCUT2D eigenvalue weighted by Crippen LogP contribution is 2.35. The molecule has 1 amide bonds. The first-order valence-electron chi connectivity index (χ1n) is 9.28. The predicted molar refractivity (Wildman–Crippen MR) is 109 cm³/mol. The van der Waals surface area contributed by atoms with Crippen molar-refractivity contribution >= 4 is 28.8 Å². The Kier molecular flexibility index (Phi) is 4.94. The molecule has 0 bridgehead atoms. The molecule has 140 valence electrons. The number of ether oxygens (including phenoxy) is 1. The van der Waals surface area contributed by atoms with Crippen LogP contribution in [0.25, 0.3) is 5.57 Å². The molecule has 2 aliphatic rings. The highest BCUT2D eigenvalue weighted by atomic mass is 35.5. The van der Waals surface area contributed by atoms with Gasteiger partial charge in [-0.05, 0) is 60.7 Å². The Balaban J connectivity index is 1.47. The Morgan fingerprint density at radius 2 is 2.00 bits per heavy atom. The lowest BCUT2D eigenvalue weighted by atomic mass is 9.98. The van der Waals surface area contributed by atoms with Gasteiger partial charge in [0.05, 0.1) is 5.69 Å². The zero-order chi connectivity index (χ0) is 19.0. The van der Waals surface area contributed by atoms with E-state index in [0.717, 1.165) is 48.1 Å². The second-order valence-electron chi connectivity index (χ2n) is 7.19. The van der Waals surface area contributed by atoms with E-state index < -0.39 is 6.10 Å². The number of benzene rings is 2. The van der Waals surface area contributed by atoms with E-state index >= 15 is 0 Å². The number of fused-ring (bicyclic) bond motifs is 1. The largest absolute Gasteiger partial charge is 0.479 e. The third-order valence-corrected chi connectivity index (χ3v) is 5.61. The van der Waals surface area contributed by atoms with Crippen molar-refractivity contribution in [2.24, 2.45) is 0 Å². The maximum absolute atomic E-state index is 11.9. The van der Waals surface area contributed by atoms with Crippen LogP contribution >= 0.6 is 11.6 Å². The van der Waals surface area contributed by atoms with Gasteiger partial charge in [0.15, 0.2) is 6.10 Å². The summed E-state index contributed by atoms with van der Waals surface area (Å²) >= 11 is 5.98. The van der Waals surface area contributed by atoms with Gasteiger partial charge in [0, 0.05) is 24.7 Å². The van der Waals surface area contributed by atoms with E-state index in [9.17, 15) is 4.79 Å². The van der Waals surface area contributed by atoms with E-state index in [-0.39, 0.29) is 5.91 Å². The molecular weight excluding hydrogens is 360 g/mol. The van der Waals surface area contributed by atoms with Gasteiger partial charge in [-0.2, -0.15) is 0 Å². The Bertz CT molecular complexity index is 905. The van der Waals surface area contributed by atoms with Crippen LogP contribution in [0.1, 0.15) is 30.0 Å². The highest BCUT2D eigenvalue weighted by molar-refractivity contribution is 6.30. The van der Waals surface area contributed by atoms with Crippen LogP contribution in [0.4, 0.5) is 5.69 Å². The van der Waals surface area contributed by atoms with Gasteiger partial charge in [-0.15, -0.1) is 0 Å². The van der Waals surface area contributed by atoms with Gasteiger partial charge in [0.25, 0.3) is 5.91 Å². The summed E-state index contributed by atoms with van der Waals surface area (Å²) in [5.41, 5.74) is 5.73. The second-order valence-corrected chi connectivity index (χ2v) is 7.63. The SMILES string of the molecule is Cc1c(CN2CC=C(c3ccc(Cl)cc3)CC2)ccc2c1NC(=O)C(C)O2. The zero-order valence-electron chi connectivity index (χ0n) is 15.6. The maximum atomic E-state index is 11.9. The topological polar surface area (TPSA) is 41.6 Å². The minimum atomic E-state index is -0.443. The van der Waals surface area contributed by atoms with E-state index in [4.69, 9.17) is 16.3 Å². The minimum Gasteiger partial charge on any atom is -0.479 e. The maximum Gasteiger partial charge on any atom is 0.265 e. The lowest BCUT2D eigenvalue weighted by Crippen LogP contribution is -2.35. The van der Waals surface area contributed by atoms with E-state index in [2.05, 4.69) is 34.5 Å². The number of nitrogens with one attached hydrogen (secondary N) is 1. The van der Waals surface area contributed by atoms with E-state index in [0.29, 0.717) is 0 Å². The first-order valence-corrected chi connectivity index (χ1v) is 9.66. The smallest absolute Gasteiger partial charge is 0.265 e. The van der Waals surface area contributed by atoms with Crippen molar-refractivity contribution in [2.45, 2.75) is 32.9 Å². The predicted octanol–water partition coefficient (Wildman–Crippen LogP) is 4.66. The van der Waals surface area contributed by atoms with Crippen LogP contribution in [0.2, 0.25) is 5.02 Å².